The molecule has 0 saturated heterocycles. The van der Waals surface area contributed by atoms with E-state index in [1.165, 1.54) is 24.8 Å². The van der Waals surface area contributed by atoms with Crippen LogP contribution in [0.5, 0.6) is 0 Å². The first-order valence-corrected chi connectivity index (χ1v) is 9.65. The molecule has 1 saturated carbocycles. The molecule has 0 bridgehead atoms. The topological polar surface area (TPSA) is 27.1 Å². The fraction of sp³-hybridized carbons (Fsp3) is 0.667. The van der Waals surface area contributed by atoms with Gasteiger partial charge in [-0.05, 0) is 42.7 Å². The van der Waals surface area contributed by atoms with Gasteiger partial charge in [0.05, 0.1) is 23.7 Å². The maximum atomic E-state index is 6.40. The van der Waals surface area contributed by atoms with Crippen LogP contribution in [0.25, 0.3) is 11.0 Å². The van der Waals surface area contributed by atoms with Crippen molar-refractivity contribution in [1.82, 2.24) is 9.55 Å². The zero-order valence-electron chi connectivity index (χ0n) is 15.7. The largest absolute Gasteiger partial charge is 0.376 e. The molecule has 1 fully saturated rings. The summed E-state index contributed by atoms with van der Waals surface area (Å²) >= 11 is 0. The lowest BCUT2D eigenvalue weighted by atomic mass is 9.75. The van der Waals surface area contributed by atoms with E-state index in [9.17, 15) is 0 Å². The van der Waals surface area contributed by atoms with E-state index in [1.54, 1.807) is 0 Å². The second-order valence-electron chi connectivity index (χ2n) is 7.76. The number of benzene rings is 1. The predicted molar refractivity (Wildman–Crippen MR) is 100 cm³/mol. The van der Waals surface area contributed by atoms with Crippen LogP contribution in [0.1, 0.15) is 52.8 Å². The summed E-state index contributed by atoms with van der Waals surface area (Å²) in [5.41, 5.74) is 2.33. The average molecular weight is 329 g/mol. The molecule has 2 aromatic rings. The van der Waals surface area contributed by atoms with Crippen molar-refractivity contribution in [3.8, 4) is 0 Å². The molecule has 3 nitrogen and oxygen atoms in total. The van der Waals surface area contributed by atoms with Crippen molar-refractivity contribution >= 4 is 11.0 Å². The van der Waals surface area contributed by atoms with E-state index < -0.39 is 0 Å². The van der Waals surface area contributed by atoms with Gasteiger partial charge >= 0.3 is 0 Å². The van der Waals surface area contributed by atoms with Gasteiger partial charge in [-0.15, -0.1) is 0 Å². The van der Waals surface area contributed by atoms with Crippen LogP contribution in [0, 0.1) is 17.8 Å². The number of rotatable bonds is 6. The number of fused-ring (bicyclic) bond motifs is 1. The molecule has 3 atom stereocenters. The first-order valence-electron chi connectivity index (χ1n) is 9.65. The van der Waals surface area contributed by atoms with Crippen LogP contribution in [0.3, 0.4) is 0 Å². The summed E-state index contributed by atoms with van der Waals surface area (Å²) in [6.07, 6.45) is 5.28. The molecule has 1 heterocycles. The fourth-order valence-electron chi connectivity index (χ4n) is 4.25. The number of aromatic nitrogens is 2. The van der Waals surface area contributed by atoms with E-state index in [-0.39, 0.29) is 0 Å². The summed E-state index contributed by atoms with van der Waals surface area (Å²) in [7, 11) is 0. The monoisotopic (exact) mass is 328 g/mol. The van der Waals surface area contributed by atoms with Crippen molar-refractivity contribution in [1.29, 1.82) is 0 Å². The number of nitrogens with zero attached hydrogens (tertiary/aromatic N) is 2. The van der Waals surface area contributed by atoms with Gasteiger partial charge in [-0.3, -0.25) is 0 Å². The number of imidazole rings is 1. The van der Waals surface area contributed by atoms with E-state index >= 15 is 0 Å². The Morgan fingerprint density at radius 2 is 2.04 bits per heavy atom. The van der Waals surface area contributed by atoms with E-state index in [0.717, 1.165) is 36.8 Å². The van der Waals surface area contributed by atoms with Gasteiger partial charge < -0.3 is 9.30 Å². The highest BCUT2D eigenvalue weighted by molar-refractivity contribution is 5.75. The molecule has 1 aromatic heterocycles. The quantitative estimate of drug-likeness (QED) is 0.739. The molecular weight excluding hydrogens is 296 g/mol. The molecule has 1 unspecified atom stereocenters. The minimum Gasteiger partial charge on any atom is -0.376 e. The summed E-state index contributed by atoms with van der Waals surface area (Å²) in [4.78, 5) is 4.76. The van der Waals surface area contributed by atoms with Gasteiger partial charge in [-0.25, -0.2) is 4.98 Å². The maximum Gasteiger partial charge on any atom is 0.109 e. The van der Waals surface area contributed by atoms with Crippen LogP contribution < -0.4 is 0 Å². The van der Waals surface area contributed by atoms with Crippen molar-refractivity contribution in [3.63, 3.8) is 0 Å². The van der Waals surface area contributed by atoms with E-state index in [4.69, 9.17) is 9.72 Å². The van der Waals surface area contributed by atoms with Gasteiger partial charge in [0.15, 0.2) is 0 Å². The third-order valence-corrected chi connectivity index (χ3v) is 5.66. The van der Waals surface area contributed by atoms with Gasteiger partial charge in [0.2, 0.25) is 0 Å². The van der Waals surface area contributed by atoms with Gasteiger partial charge in [0.1, 0.15) is 5.82 Å². The zero-order valence-corrected chi connectivity index (χ0v) is 15.7. The summed E-state index contributed by atoms with van der Waals surface area (Å²) in [6.45, 7) is 10.9. The summed E-state index contributed by atoms with van der Waals surface area (Å²) in [5, 5.41) is 0. The molecule has 132 valence electrons. The average Bonchev–Trinajstić information content (AvgIpc) is 2.93. The summed E-state index contributed by atoms with van der Waals surface area (Å²) in [6, 6.07) is 8.43. The predicted octanol–water partition coefficient (Wildman–Crippen LogP) is 5.08. The Morgan fingerprint density at radius 3 is 2.79 bits per heavy atom. The van der Waals surface area contributed by atoms with Crippen molar-refractivity contribution < 1.29 is 4.74 Å². The van der Waals surface area contributed by atoms with Gasteiger partial charge in [0.25, 0.3) is 0 Å². The van der Waals surface area contributed by atoms with E-state index in [1.807, 2.05) is 0 Å². The minimum atomic E-state index is 0.425. The Balaban J connectivity index is 1.67. The maximum absolute atomic E-state index is 6.40. The summed E-state index contributed by atoms with van der Waals surface area (Å²) in [5.74, 6) is 3.39. The van der Waals surface area contributed by atoms with Gasteiger partial charge in [0, 0.05) is 13.0 Å². The van der Waals surface area contributed by atoms with Crippen LogP contribution in [0.2, 0.25) is 0 Å². The highest BCUT2D eigenvalue weighted by Gasteiger charge is 2.31. The third kappa shape index (κ3) is 3.66. The molecule has 0 spiro atoms. The number of para-hydroxylation sites is 2. The number of hydrogen-bond acceptors (Lipinski definition) is 2. The minimum absolute atomic E-state index is 0.425. The molecule has 3 heteroatoms. The molecule has 1 aliphatic rings. The molecule has 0 radical (unpaired) electrons. The van der Waals surface area contributed by atoms with Crippen LogP contribution >= 0.6 is 0 Å². The Labute approximate surface area is 146 Å². The lowest BCUT2D eigenvalue weighted by Crippen LogP contribution is -2.35. The normalized spacial score (nSPS) is 24.8. The number of aryl methyl sites for hydroxylation is 1. The SMILES string of the molecule is CCc1nc2ccccc2n1CCO[C@@H]1C[C@H](C)CCC1C(C)C. The van der Waals surface area contributed by atoms with Gasteiger partial charge in [-0.2, -0.15) is 0 Å². The molecule has 1 aliphatic carbocycles. The zero-order chi connectivity index (χ0) is 17.1. The van der Waals surface area contributed by atoms with Crippen molar-refractivity contribution in [2.24, 2.45) is 17.8 Å². The van der Waals surface area contributed by atoms with Crippen LogP contribution in [0.4, 0.5) is 0 Å². The van der Waals surface area contributed by atoms with Crippen LogP contribution in [0.15, 0.2) is 24.3 Å². The highest BCUT2D eigenvalue weighted by Crippen LogP contribution is 2.35. The smallest absolute Gasteiger partial charge is 0.109 e. The number of ether oxygens (including phenoxy) is 1. The van der Waals surface area contributed by atoms with Crippen molar-refractivity contribution in [3.05, 3.63) is 30.1 Å². The first-order chi connectivity index (χ1) is 11.6. The van der Waals surface area contributed by atoms with E-state index in [2.05, 4.69) is 56.5 Å². The van der Waals surface area contributed by atoms with Crippen molar-refractivity contribution in [2.75, 3.05) is 6.61 Å². The molecule has 0 N–H and O–H groups in total. The molecule has 1 aromatic carbocycles. The van der Waals surface area contributed by atoms with E-state index in [0.29, 0.717) is 17.9 Å². The standard InChI is InChI=1S/C21H32N2O/c1-5-21-22-18-8-6-7-9-19(18)23(21)12-13-24-20-14-16(4)10-11-17(20)15(2)3/h6-9,15-17,20H,5,10-14H2,1-4H3/t16-,17?,20-/m1/s1. The Kier molecular flexibility index (Phi) is 5.60. The van der Waals surface area contributed by atoms with Crippen LogP contribution in [-0.2, 0) is 17.7 Å². The lowest BCUT2D eigenvalue weighted by Gasteiger charge is -2.37. The third-order valence-electron chi connectivity index (χ3n) is 5.66. The number of hydrogen-bond donors (Lipinski definition) is 0. The second kappa shape index (κ2) is 7.69. The second-order valence-corrected chi connectivity index (χ2v) is 7.76. The molecular formula is C21H32N2O. The fourth-order valence-corrected chi connectivity index (χ4v) is 4.25. The van der Waals surface area contributed by atoms with Crippen molar-refractivity contribution in [2.45, 2.75) is 66.0 Å². The van der Waals surface area contributed by atoms with Crippen LogP contribution in [-0.4, -0.2) is 22.3 Å². The highest BCUT2D eigenvalue weighted by atomic mass is 16.5. The Morgan fingerprint density at radius 1 is 1.25 bits per heavy atom. The first kappa shape index (κ1) is 17.5. The Bertz CT molecular complexity index is 661. The summed E-state index contributed by atoms with van der Waals surface area (Å²) < 4.78 is 8.74. The lowest BCUT2D eigenvalue weighted by molar-refractivity contribution is -0.0407. The Hall–Kier alpha value is -1.35. The molecule has 0 amide bonds. The molecule has 24 heavy (non-hydrogen) atoms. The molecule has 3 rings (SSSR count). The van der Waals surface area contributed by atoms with Gasteiger partial charge in [-0.1, -0.05) is 46.2 Å². The molecule has 0 aliphatic heterocycles.